The summed E-state index contributed by atoms with van der Waals surface area (Å²) in [6.45, 7) is 0. The average Bonchev–Trinajstić information content (AvgIpc) is 2.47. The first-order valence-electron chi connectivity index (χ1n) is 6.26. The quantitative estimate of drug-likeness (QED) is 0.494. The zero-order valence-corrected chi connectivity index (χ0v) is 13.9. The summed E-state index contributed by atoms with van der Waals surface area (Å²) in [5.74, 6) is -1.27. The van der Waals surface area contributed by atoms with Gasteiger partial charge in [0.05, 0.1) is 11.3 Å². The van der Waals surface area contributed by atoms with Crippen molar-refractivity contribution in [1.82, 2.24) is 0 Å². The Hall–Kier alpha value is -0.730. The fourth-order valence-electron chi connectivity index (χ4n) is 2.06. The highest BCUT2D eigenvalue weighted by Gasteiger charge is 2.44. The number of hydrogen-bond donors (Lipinski definition) is 0. The third-order valence-electron chi connectivity index (χ3n) is 3.10. The van der Waals surface area contributed by atoms with Gasteiger partial charge in [0.15, 0.2) is 5.78 Å². The summed E-state index contributed by atoms with van der Waals surface area (Å²) in [5.41, 5.74) is 1.20. The van der Waals surface area contributed by atoms with Gasteiger partial charge in [-0.05, 0) is 5.56 Å². The summed E-state index contributed by atoms with van der Waals surface area (Å²) in [6.07, 6.45) is 0. The minimum Gasteiger partial charge on any atom is -0.294 e. The van der Waals surface area contributed by atoms with Gasteiger partial charge in [0.25, 0.3) is 0 Å². The highest BCUT2D eigenvalue weighted by Crippen LogP contribution is 2.46. The Kier molecular flexibility index (Phi) is 5.56. The molecular formula is C16H12Cl4O. The number of hydrogen-bond acceptors (Lipinski definition) is 1. The fraction of sp³-hybridized carbons (Fsp3) is 0.188. The van der Waals surface area contributed by atoms with Gasteiger partial charge in [-0.15, -0.1) is 11.6 Å². The molecule has 0 saturated carbocycles. The van der Waals surface area contributed by atoms with E-state index in [9.17, 15) is 4.79 Å². The van der Waals surface area contributed by atoms with Gasteiger partial charge in [0.2, 0.25) is 3.79 Å². The predicted molar refractivity (Wildman–Crippen MR) is 89.6 cm³/mol. The maximum Gasteiger partial charge on any atom is 0.202 e. The predicted octanol–water partition coefficient (Wildman–Crippen LogP) is 5.84. The zero-order chi connectivity index (χ0) is 15.5. The number of halogens is 4. The van der Waals surface area contributed by atoms with Crippen molar-refractivity contribution in [1.29, 1.82) is 0 Å². The molecule has 0 bridgehead atoms. The van der Waals surface area contributed by atoms with E-state index < -0.39 is 15.1 Å². The number of ketones is 1. The van der Waals surface area contributed by atoms with Gasteiger partial charge in [-0.25, -0.2) is 0 Å². The van der Waals surface area contributed by atoms with Crippen LogP contribution in [0, 0.1) is 5.92 Å². The van der Waals surface area contributed by atoms with Crippen LogP contribution in [-0.4, -0.2) is 9.58 Å². The molecule has 0 aliphatic carbocycles. The number of benzene rings is 2. The monoisotopic (exact) mass is 360 g/mol. The normalized spacial score (nSPS) is 14.5. The van der Waals surface area contributed by atoms with Gasteiger partial charge in [0.1, 0.15) is 0 Å². The van der Waals surface area contributed by atoms with Crippen molar-refractivity contribution in [2.75, 3.05) is 0 Å². The molecule has 5 heteroatoms. The summed E-state index contributed by atoms with van der Waals surface area (Å²) < 4.78 is -1.80. The first-order valence-corrected chi connectivity index (χ1v) is 7.83. The Morgan fingerprint density at radius 2 is 1.33 bits per heavy atom. The zero-order valence-electron chi connectivity index (χ0n) is 10.8. The van der Waals surface area contributed by atoms with Crippen LogP contribution < -0.4 is 0 Å². The van der Waals surface area contributed by atoms with Gasteiger partial charge < -0.3 is 0 Å². The molecule has 2 rings (SSSR count). The highest BCUT2D eigenvalue weighted by atomic mass is 35.6. The molecular weight excluding hydrogens is 350 g/mol. The number of alkyl halides is 4. The molecule has 2 aromatic carbocycles. The van der Waals surface area contributed by atoms with E-state index in [2.05, 4.69) is 0 Å². The van der Waals surface area contributed by atoms with E-state index in [1.165, 1.54) is 0 Å². The van der Waals surface area contributed by atoms with Crippen LogP contribution in [0.15, 0.2) is 60.7 Å². The lowest BCUT2D eigenvalue weighted by molar-refractivity contribution is 0.0918. The third-order valence-corrected chi connectivity index (χ3v) is 4.31. The molecule has 0 fully saturated rings. The van der Waals surface area contributed by atoms with Crippen LogP contribution in [0.5, 0.6) is 0 Å². The molecule has 0 spiro atoms. The van der Waals surface area contributed by atoms with Crippen molar-refractivity contribution in [3.8, 4) is 0 Å². The SMILES string of the molecule is O=C(c1ccccc1)C(C(Cl)c1ccccc1)C(Cl)(Cl)Cl. The average molecular weight is 362 g/mol. The fourth-order valence-corrected chi connectivity index (χ4v) is 3.38. The number of rotatable bonds is 4. The topological polar surface area (TPSA) is 17.1 Å². The number of Topliss-reactive ketones (excluding diaryl/α,β-unsaturated/α-hetero) is 1. The second-order valence-corrected chi connectivity index (χ2v) is 7.40. The van der Waals surface area contributed by atoms with Crippen molar-refractivity contribution >= 4 is 52.2 Å². The molecule has 0 aliphatic rings. The molecule has 0 heterocycles. The Morgan fingerprint density at radius 1 is 0.857 bits per heavy atom. The Labute approximate surface area is 143 Å². The van der Waals surface area contributed by atoms with Gasteiger partial charge in [-0.2, -0.15) is 0 Å². The molecule has 0 saturated heterocycles. The first kappa shape index (κ1) is 16.6. The molecule has 110 valence electrons. The van der Waals surface area contributed by atoms with E-state index in [1.807, 2.05) is 24.3 Å². The second-order valence-electron chi connectivity index (χ2n) is 4.56. The van der Waals surface area contributed by atoms with Crippen LogP contribution in [0.2, 0.25) is 0 Å². The molecule has 0 aliphatic heterocycles. The minimum atomic E-state index is -1.80. The maximum absolute atomic E-state index is 12.7. The molecule has 2 unspecified atom stereocenters. The first-order chi connectivity index (χ1) is 9.91. The van der Waals surface area contributed by atoms with Crippen LogP contribution in [-0.2, 0) is 0 Å². The second kappa shape index (κ2) is 7.02. The van der Waals surface area contributed by atoms with Crippen LogP contribution in [0.25, 0.3) is 0 Å². The van der Waals surface area contributed by atoms with Crippen LogP contribution in [0.4, 0.5) is 0 Å². The lowest BCUT2D eigenvalue weighted by Crippen LogP contribution is -2.32. The molecule has 0 radical (unpaired) electrons. The summed E-state index contributed by atoms with van der Waals surface area (Å²) >= 11 is 24.5. The standard InChI is InChI=1S/C16H12Cl4O/c17-14(11-7-3-1-4-8-11)13(16(18,19)20)15(21)12-9-5-2-6-10-12/h1-10,13-14H. The molecule has 21 heavy (non-hydrogen) atoms. The van der Waals surface area contributed by atoms with E-state index in [0.29, 0.717) is 5.56 Å². The van der Waals surface area contributed by atoms with Gasteiger partial charge in [-0.1, -0.05) is 95.5 Å². The highest BCUT2D eigenvalue weighted by molar-refractivity contribution is 6.68. The largest absolute Gasteiger partial charge is 0.294 e. The Balaban J connectivity index is 2.38. The van der Waals surface area contributed by atoms with Gasteiger partial charge in [-0.3, -0.25) is 4.79 Å². The third kappa shape index (κ3) is 4.14. The summed E-state index contributed by atoms with van der Waals surface area (Å²) in [7, 11) is 0. The van der Waals surface area contributed by atoms with Crippen LogP contribution >= 0.6 is 46.4 Å². The molecule has 0 N–H and O–H groups in total. The van der Waals surface area contributed by atoms with Gasteiger partial charge >= 0.3 is 0 Å². The van der Waals surface area contributed by atoms with E-state index in [0.717, 1.165) is 5.56 Å². The van der Waals surface area contributed by atoms with Crippen LogP contribution in [0.3, 0.4) is 0 Å². The summed E-state index contributed by atoms with van der Waals surface area (Å²) in [6, 6.07) is 17.8. The lowest BCUT2D eigenvalue weighted by atomic mass is 9.92. The molecule has 2 aromatic rings. The molecule has 1 nitrogen and oxygen atoms in total. The molecule has 0 aromatic heterocycles. The maximum atomic E-state index is 12.7. The van der Waals surface area contributed by atoms with Crippen LogP contribution in [0.1, 0.15) is 21.3 Å². The van der Waals surface area contributed by atoms with Crippen molar-refractivity contribution in [3.05, 3.63) is 71.8 Å². The number of carbonyl (C=O) groups is 1. The van der Waals surface area contributed by atoms with E-state index in [-0.39, 0.29) is 5.78 Å². The minimum absolute atomic E-state index is 0.292. The smallest absolute Gasteiger partial charge is 0.202 e. The number of carbonyl (C=O) groups excluding carboxylic acids is 1. The van der Waals surface area contributed by atoms with Crippen molar-refractivity contribution in [3.63, 3.8) is 0 Å². The van der Waals surface area contributed by atoms with E-state index in [4.69, 9.17) is 46.4 Å². The Bertz CT molecular complexity index is 593. The van der Waals surface area contributed by atoms with E-state index in [1.54, 1.807) is 36.4 Å². The molecule has 0 amide bonds. The summed E-state index contributed by atoms with van der Waals surface area (Å²) in [5, 5.41) is -0.730. The van der Waals surface area contributed by atoms with Crippen molar-refractivity contribution < 1.29 is 4.79 Å². The van der Waals surface area contributed by atoms with Crippen molar-refractivity contribution in [2.45, 2.75) is 9.17 Å². The summed E-state index contributed by atoms with van der Waals surface area (Å²) in [4.78, 5) is 12.7. The van der Waals surface area contributed by atoms with E-state index >= 15 is 0 Å². The Morgan fingerprint density at radius 3 is 1.81 bits per heavy atom. The lowest BCUT2D eigenvalue weighted by Gasteiger charge is -2.27. The van der Waals surface area contributed by atoms with Gasteiger partial charge in [0, 0.05) is 5.56 Å². The van der Waals surface area contributed by atoms with Crippen molar-refractivity contribution in [2.24, 2.45) is 5.92 Å². The molecule has 2 atom stereocenters.